The number of piperazine rings is 1. The summed E-state index contributed by atoms with van der Waals surface area (Å²) in [6.45, 7) is 1.58. The molecule has 108 valence electrons. The molecule has 20 heavy (non-hydrogen) atoms. The van der Waals surface area contributed by atoms with Gasteiger partial charge in [0.05, 0.1) is 22.8 Å². The summed E-state index contributed by atoms with van der Waals surface area (Å²) < 4.78 is 22.5. The van der Waals surface area contributed by atoms with Crippen molar-refractivity contribution in [1.29, 1.82) is 0 Å². The van der Waals surface area contributed by atoms with Gasteiger partial charge in [-0.15, -0.1) is 0 Å². The first-order valence-electron chi connectivity index (χ1n) is 5.73. The number of nitrogens with one attached hydrogen (secondary N) is 1. The van der Waals surface area contributed by atoms with E-state index in [4.69, 9.17) is 10.9 Å². The number of nitrogens with zero attached hydrogens (tertiary/aromatic N) is 1. The summed E-state index contributed by atoms with van der Waals surface area (Å²) in [5, 5.41) is 7.22. The van der Waals surface area contributed by atoms with Crippen LogP contribution in [0.4, 0.5) is 11.4 Å². The molecule has 8 nitrogen and oxygen atoms in total. The van der Waals surface area contributed by atoms with Crippen LogP contribution in [-0.2, 0) is 19.6 Å². The number of imide groups is 1. The van der Waals surface area contributed by atoms with E-state index in [2.05, 4.69) is 5.32 Å². The fraction of sp³-hybridized carbons (Fsp3) is 0.273. The molecule has 2 amide bonds. The molecule has 1 aliphatic rings. The number of sulfonamides is 1. The van der Waals surface area contributed by atoms with Crippen LogP contribution in [0.25, 0.3) is 0 Å². The molecular weight excluding hydrogens is 284 g/mol. The minimum atomic E-state index is -3.85. The van der Waals surface area contributed by atoms with Gasteiger partial charge < -0.3 is 10.6 Å². The zero-order valence-corrected chi connectivity index (χ0v) is 11.5. The second-order valence-electron chi connectivity index (χ2n) is 4.48. The first-order valence-corrected chi connectivity index (χ1v) is 7.27. The third kappa shape index (κ3) is 2.58. The number of carbonyl (C=O) groups excluding carboxylic acids is 2. The summed E-state index contributed by atoms with van der Waals surface area (Å²) in [6.07, 6.45) is 0. The molecular formula is C11H14N4O4S. The summed E-state index contributed by atoms with van der Waals surface area (Å²) in [5.41, 5.74) is 6.34. The highest BCUT2D eigenvalue weighted by atomic mass is 32.2. The van der Waals surface area contributed by atoms with Crippen LogP contribution in [0.1, 0.15) is 6.92 Å². The van der Waals surface area contributed by atoms with Crippen LogP contribution in [0.15, 0.2) is 23.1 Å². The number of nitrogen functional groups attached to an aromatic ring is 1. The van der Waals surface area contributed by atoms with Crippen LogP contribution < -0.4 is 21.1 Å². The molecule has 1 atom stereocenters. The van der Waals surface area contributed by atoms with E-state index in [0.717, 1.165) is 0 Å². The summed E-state index contributed by atoms with van der Waals surface area (Å²) in [5.74, 6) is -0.876. The molecule has 9 heteroatoms. The number of amides is 2. The molecule has 0 aliphatic carbocycles. The van der Waals surface area contributed by atoms with Crippen molar-refractivity contribution in [2.24, 2.45) is 5.14 Å². The van der Waals surface area contributed by atoms with Gasteiger partial charge in [0.2, 0.25) is 21.8 Å². The van der Waals surface area contributed by atoms with E-state index in [1.807, 2.05) is 0 Å². The Balaban J connectivity index is 2.43. The number of nitrogens with two attached hydrogens (primary N) is 2. The third-order valence-electron chi connectivity index (χ3n) is 3.06. The molecule has 2 rings (SSSR count). The largest absolute Gasteiger partial charge is 0.397 e. The van der Waals surface area contributed by atoms with Crippen molar-refractivity contribution in [3.63, 3.8) is 0 Å². The highest BCUT2D eigenvalue weighted by Gasteiger charge is 2.31. The molecule has 5 N–H and O–H groups in total. The number of primary sulfonamides is 1. The van der Waals surface area contributed by atoms with E-state index >= 15 is 0 Å². The minimum Gasteiger partial charge on any atom is -0.397 e. The Hall–Kier alpha value is -2.13. The van der Waals surface area contributed by atoms with Gasteiger partial charge in [-0.05, 0) is 25.1 Å². The number of carbonyl (C=O) groups is 2. The lowest BCUT2D eigenvalue weighted by Gasteiger charge is -2.34. The van der Waals surface area contributed by atoms with Gasteiger partial charge in [0.1, 0.15) is 6.04 Å². The molecule has 1 aromatic carbocycles. The molecule has 0 saturated carbocycles. The molecule has 1 aliphatic heterocycles. The monoisotopic (exact) mass is 298 g/mol. The number of benzene rings is 1. The fourth-order valence-electron chi connectivity index (χ4n) is 1.98. The second kappa shape index (κ2) is 4.76. The standard InChI is InChI=1S/C11H14N4O4S/c1-6-11(17)14-10(16)5-15(6)9-3-2-7(4-8(9)12)20(13,18)19/h2-4,6H,5,12H2,1H3,(H2,13,18,19)(H,14,16,17). The van der Waals surface area contributed by atoms with Crippen molar-refractivity contribution in [3.8, 4) is 0 Å². The van der Waals surface area contributed by atoms with Crippen LogP contribution in [0.3, 0.4) is 0 Å². The van der Waals surface area contributed by atoms with Crippen molar-refractivity contribution >= 4 is 33.2 Å². The van der Waals surface area contributed by atoms with Crippen LogP contribution in [0.5, 0.6) is 0 Å². The maximum Gasteiger partial charge on any atom is 0.249 e. The Morgan fingerprint density at radius 2 is 2.00 bits per heavy atom. The van der Waals surface area contributed by atoms with E-state index < -0.39 is 27.9 Å². The van der Waals surface area contributed by atoms with Crippen molar-refractivity contribution in [2.75, 3.05) is 17.2 Å². The number of hydrogen-bond acceptors (Lipinski definition) is 6. The van der Waals surface area contributed by atoms with Gasteiger partial charge >= 0.3 is 0 Å². The maximum absolute atomic E-state index is 11.6. The van der Waals surface area contributed by atoms with E-state index in [-0.39, 0.29) is 17.1 Å². The van der Waals surface area contributed by atoms with Gasteiger partial charge in [-0.25, -0.2) is 13.6 Å². The Labute approximate surface area is 115 Å². The zero-order chi connectivity index (χ0) is 15.1. The topological polar surface area (TPSA) is 136 Å². The average Bonchev–Trinajstić information content (AvgIpc) is 2.33. The smallest absolute Gasteiger partial charge is 0.249 e. The van der Waals surface area contributed by atoms with Gasteiger partial charge in [-0.3, -0.25) is 14.9 Å². The van der Waals surface area contributed by atoms with Crippen LogP contribution >= 0.6 is 0 Å². The van der Waals surface area contributed by atoms with E-state index in [0.29, 0.717) is 5.69 Å². The van der Waals surface area contributed by atoms with E-state index in [9.17, 15) is 18.0 Å². The quantitative estimate of drug-likeness (QED) is 0.462. The molecule has 1 saturated heterocycles. The first-order chi connectivity index (χ1) is 9.20. The lowest BCUT2D eigenvalue weighted by molar-refractivity contribution is -0.132. The first kappa shape index (κ1) is 14.3. The molecule has 0 bridgehead atoms. The second-order valence-corrected chi connectivity index (χ2v) is 6.04. The third-order valence-corrected chi connectivity index (χ3v) is 3.97. The Morgan fingerprint density at radius 3 is 2.55 bits per heavy atom. The molecule has 0 radical (unpaired) electrons. The van der Waals surface area contributed by atoms with E-state index in [1.165, 1.54) is 23.1 Å². The molecule has 1 unspecified atom stereocenters. The molecule has 1 fully saturated rings. The van der Waals surface area contributed by atoms with Gasteiger partial charge in [-0.1, -0.05) is 0 Å². The van der Waals surface area contributed by atoms with Gasteiger partial charge in [0, 0.05) is 0 Å². The summed E-state index contributed by atoms with van der Waals surface area (Å²) >= 11 is 0. The lowest BCUT2D eigenvalue weighted by atomic mass is 10.1. The van der Waals surface area contributed by atoms with Crippen molar-refractivity contribution in [1.82, 2.24) is 5.32 Å². The minimum absolute atomic E-state index is 0.0359. The van der Waals surface area contributed by atoms with Crippen molar-refractivity contribution in [3.05, 3.63) is 18.2 Å². The van der Waals surface area contributed by atoms with Crippen LogP contribution in [0.2, 0.25) is 0 Å². The summed E-state index contributed by atoms with van der Waals surface area (Å²) in [7, 11) is -3.85. The number of hydrogen-bond donors (Lipinski definition) is 3. The van der Waals surface area contributed by atoms with Crippen LogP contribution in [-0.4, -0.2) is 32.8 Å². The highest BCUT2D eigenvalue weighted by molar-refractivity contribution is 7.89. The Bertz CT molecular complexity index is 686. The number of anilines is 2. The highest BCUT2D eigenvalue weighted by Crippen LogP contribution is 2.28. The molecule has 1 heterocycles. The van der Waals surface area contributed by atoms with Crippen molar-refractivity contribution in [2.45, 2.75) is 17.9 Å². The lowest BCUT2D eigenvalue weighted by Crippen LogP contribution is -2.57. The van der Waals surface area contributed by atoms with Gasteiger partial charge in [-0.2, -0.15) is 0 Å². The Kier molecular flexibility index (Phi) is 3.40. The maximum atomic E-state index is 11.6. The average molecular weight is 298 g/mol. The predicted molar refractivity (Wildman–Crippen MR) is 72.2 cm³/mol. The molecule has 0 aromatic heterocycles. The van der Waals surface area contributed by atoms with Crippen LogP contribution in [0, 0.1) is 0 Å². The SMILES string of the molecule is CC1C(=O)NC(=O)CN1c1ccc(S(N)(=O)=O)cc1N. The van der Waals surface area contributed by atoms with E-state index in [1.54, 1.807) is 6.92 Å². The predicted octanol–water partition coefficient (Wildman–Crippen LogP) is -1.23. The number of rotatable bonds is 2. The van der Waals surface area contributed by atoms with Crippen molar-refractivity contribution < 1.29 is 18.0 Å². The summed E-state index contributed by atoms with van der Waals surface area (Å²) in [6, 6.07) is 3.33. The molecule has 1 aromatic rings. The normalized spacial score (nSPS) is 19.9. The van der Waals surface area contributed by atoms with Gasteiger partial charge in [0.25, 0.3) is 0 Å². The Morgan fingerprint density at radius 1 is 1.35 bits per heavy atom. The zero-order valence-electron chi connectivity index (χ0n) is 10.7. The summed E-state index contributed by atoms with van der Waals surface area (Å²) in [4.78, 5) is 24.4. The fourth-order valence-corrected chi connectivity index (χ4v) is 2.53. The molecule has 0 spiro atoms. The van der Waals surface area contributed by atoms with Gasteiger partial charge in [0.15, 0.2) is 0 Å².